The van der Waals surface area contributed by atoms with E-state index in [1.54, 1.807) is 0 Å². The molecule has 0 saturated heterocycles. The van der Waals surface area contributed by atoms with Gasteiger partial charge in [0, 0.05) is 16.3 Å². The fraction of sp³-hybridized carbons (Fsp3) is 0.286. The van der Waals surface area contributed by atoms with Crippen molar-refractivity contribution in [3.63, 3.8) is 0 Å². The van der Waals surface area contributed by atoms with E-state index >= 15 is 0 Å². The summed E-state index contributed by atoms with van der Waals surface area (Å²) < 4.78 is 0. The second kappa shape index (κ2) is 5.43. The molecule has 0 atom stereocenters. The zero-order valence-corrected chi connectivity index (χ0v) is 11.0. The van der Waals surface area contributed by atoms with E-state index in [1.165, 1.54) is 4.90 Å². The van der Waals surface area contributed by atoms with Gasteiger partial charge in [-0.3, -0.25) is 0 Å². The molecule has 0 aliphatic carbocycles. The summed E-state index contributed by atoms with van der Waals surface area (Å²) >= 11 is 1.84. The van der Waals surface area contributed by atoms with E-state index in [4.69, 9.17) is 5.11 Å². The first-order valence-electron chi connectivity index (χ1n) is 5.77. The van der Waals surface area contributed by atoms with Gasteiger partial charge in [-0.1, -0.05) is 19.1 Å². The summed E-state index contributed by atoms with van der Waals surface area (Å²) in [6.07, 6.45) is 0. The Morgan fingerprint density at radius 1 is 1.24 bits per heavy atom. The fourth-order valence-electron chi connectivity index (χ4n) is 1.82. The highest BCUT2D eigenvalue weighted by atomic mass is 32.2. The summed E-state index contributed by atoms with van der Waals surface area (Å²) in [6, 6.07) is 10.5. The lowest BCUT2D eigenvalue weighted by Gasteiger charge is -2.01. The van der Waals surface area contributed by atoms with Crippen molar-refractivity contribution in [1.29, 1.82) is 0 Å². The molecule has 17 heavy (non-hydrogen) atoms. The molecule has 1 heterocycles. The Kier molecular flexibility index (Phi) is 3.92. The second-order valence-corrected chi connectivity index (χ2v) is 5.29. The molecule has 90 valence electrons. The van der Waals surface area contributed by atoms with Crippen molar-refractivity contribution >= 4 is 11.8 Å². The van der Waals surface area contributed by atoms with Gasteiger partial charge >= 0.3 is 0 Å². The highest BCUT2D eigenvalue weighted by Gasteiger charge is 2.05. The Morgan fingerprint density at radius 2 is 1.94 bits per heavy atom. The molecular formula is C14H17NOS. The summed E-state index contributed by atoms with van der Waals surface area (Å²) in [4.78, 5) is 4.59. The number of aromatic nitrogens is 1. The zero-order chi connectivity index (χ0) is 12.3. The minimum Gasteiger partial charge on any atom is -0.392 e. The molecule has 0 aliphatic rings. The van der Waals surface area contributed by atoms with Crippen molar-refractivity contribution in [2.75, 3.05) is 5.75 Å². The van der Waals surface area contributed by atoms with Crippen LogP contribution in [0.25, 0.3) is 11.3 Å². The van der Waals surface area contributed by atoms with Crippen molar-refractivity contribution in [2.24, 2.45) is 0 Å². The molecule has 0 unspecified atom stereocenters. The van der Waals surface area contributed by atoms with Gasteiger partial charge in [0.1, 0.15) is 0 Å². The van der Waals surface area contributed by atoms with Gasteiger partial charge in [0.15, 0.2) is 0 Å². The van der Waals surface area contributed by atoms with Crippen molar-refractivity contribution < 1.29 is 5.11 Å². The number of hydrogen-bond donors (Lipinski definition) is 2. The van der Waals surface area contributed by atoms with Crippen LogP contribution in [0, 0.1) is 6.92 Å². The SMILES string of the molecule is CCSc1ccc(-c2cc(CO)c(C)[nH]2)cc1. The molecule has 1 aromatic carbocycles. The Labute approximate surface area is 106 Å². The molecule has 2 nitrogen and oxygen atoms in total. The predicted molar refractivity (Wildman–Crippen MR) is 73.3 cm³/mol. The van der Waals surface area contributed by atoms with Gasteiger partial charge in [-0.15, -0.1) is 11.8 Å². The predicted octanol–water partition coefficient (Wildman–Crippen LogP) is 3.59. The van der Waals surface area contributed by atoms with Crippen LogP contribution < -0.4 is 0 Å². The number of rotatable bonds is 4. The smallest absolute Gasteiger partial charge is 0.0699 e. The number of nitrogens with one attached hydrogen (secondary N) is 1. The van der Waals surface area contributed by atoms with E-state index in [0.717, 1.165) is 28.3 Å². The fourth-order valence-corrected chi connectivity index (χ4v) is 2.48. The van der Waals surface area contributed by atoms with Gasteiger partial charge in [0.2, 0.25) is 0 Å². The minimum atomic E-state index is 0.0894. The molecule has 0 saturated carbocycles. The molecule has 2 N–H and O–H groups in total. The van der Waals surface area contributed by atoms with Crippen LogP contribution in [0.5, 0.6) is 0 Å². The van der Waals surface area contributed by atoms with Crippen LogP contribution in [-0.4, -0.2) is 15.8 Å². The average Bonchev–Trinajstić information content (AvgIpc) is 2.72. The van der Waals surface area contributed by atoms with Crippen LogP contribution in [0.3, 0.4) is 0 Å². The maximum absolute atomic E-state index is 9.17. The number of aliphatic hydroxyl groups excluding tert-OH is 1. The topological polar surface area (TPSA) is 36.0 Å². The molecule has 0 fully saturated rings. The first kappa shape index (κ1) is 12.3. The first-order valence-corrected chi connectivity index (χ1v) is 6.75. The van der Waals surface area contributed by atoms with Gasteiger partial charge in [0.25, 0.3) is 0 Å². The molecule has 2 rings (SSSR count). The third kappa shape index (κ3) is 2.73. The van der Waals surface area contributed by atoms with Crippen LogP contribution in [0.15, 0.2) is 35.2 Å². The van der Waals surface area contributed by atoms with E-state index in [1.807, 2.05) is 24.8 Å². The van der Waals surface area contributed by atoms with Gasteiger partial charge < -0.3 is 10.1 Å². The highest BCUT2D eigenvalue weighted by Crippen LogP contribution is 2.25. The van der Waals surface area contributed by atoms with Crippen LogP contribution in [0.4, 0.5) is 0 Å². The van der Waals surface area contributed by atoms with Crippen LogP contribution >= 0.6 is 11.8 Å². The van der Waals surface area contributed by atoms with E-state index in [9.17, 15) is 0 Å². The molecule has 0 amide bonds. The van der Waals surface area contributed by atoms with Crippen LogP contribution in [-0.2, 0) is 6.61 Å². The average molecular weight is 247 g/mol. The number of benzene rings is 1. The standard InChI is InChI=1S/C14H17NOS/c1-3-17-13-6-4-11(5-7-13)14-8-12(9-16)10(2)15-14/h4-8,15-16H,3,9H2,1-2H3. The number of H-pyrrole nitrogens is 1. The summed E-state index contributed by atoms with van der Waals surface area (Å²) in [5.41, 5.74) is 4.23. The maximum atomic E-state index is 9.17. The molecule has 0 spiro atoms. The number of hydrogen-bond acceptors (Lipinski definition) is 2. The summed E-state index contributed by atoms with van der Waals surface area (Å²) in [7, 11) is 0. The van der Waals surface area contributed by atoms with E-state index < -0.39 is 0 Å². The van der Waals surface area contributed by atoms with E-state index in [-0.39, 0.29) is 6.61 Å². The number of aromatic amines is 1. The van der Waals surface area contributed by atoms with Crippen molar-refractivity contribution in [1.82, 2.24) is 4.98 Å². The Morgan fingerprint density at radius 3 is 2.47 bits per heavy atom. The zero-order valence-electron chi connectivity index (χ0n) is 10.2. The lowest BCUT2D eigenvalue weighted by Crippen LogP contribution is -1.81. The molecule has 0 radical (unpaired) electrons. The molecule has 0 aliphatic heterocycles. The number of aryl methyl sites for hydroxylation is 1. The van der Waals surface area contributed by atoms with Gasteiger partial charge in [-0.2, -0.15) is 0 Å². The van der Waals surface area contributed by atoms with Gasteiger partial charge in [0.05, 0.1) is 6.61 Å². The number of aliphatic hydroxyl groups is 1. The largest absolute Gasteiger partial charge is 0.392 e. The lowest BCUT2D eigenvalue weighted by atomic mass is 10.1. The van der Waals surface area contributed by atoms with E-state index in [2.05, 4.69) is 36.2 Å². The molecule has 2 aromatic rings. The van der Waals surface area contributed by atoms with Crippen molar-refractivity contribution in [2.45, 2.75) is 25.3 Å². The lowest BCUT2D eigenvalue weighted by molar-refractivity contribution is 0.281. The quantitative estimate of drug-likeness (QED) is 0.810. The Balaban J connectivity index is 2.26. The Bertz CT molecular complexity index is 487. The maximum Gasteiger partial charge on any atom is 0.0699 e. The Hall–Kier alpha value is -1.19. The first-order chi connectivity index (χ1) is 8.24. The summed E-state index contributed by atoms with van der Waals surface area (Å²) in [5.74, 6) is 1.09. The molecule has 0 bridgehead atoms. The van der Waals surface area contributed by atoms with Crippen molar-refractivity contribution in [3.05, 3.63) is 41.6 Å². The molecule has 3 heteroatoms. The third-order valence-corrected chi connectivity index (χ3v) is 3.66. The minimum absolute atomic E-state index is 0.0894. The van der Waals surface area contributed by atoms with Gasteiger partial charge in [-0.05, 0) is 42.0 Å². The van der Waals surface area contributed by atoms with Crippen molar-refractivity contribution in [3.8, 4) is 11.3 Å². The highest BCUT2D eigenvalue weighted by molar-refractivity contribution is 7.99. The normalized spacial score (nSPS) is 10.8. The summed E-state index contributed by atoms with van der Waals surface area (Å²) in [5, 5.41) is 9.17. The molecular weight excluding hydrogens is 230 g/mol. The van der Waals surface area contributed by atoms with Gasteiger partial charge in [-0.25, -0.2) is 0 Å². The second-order valence-electron chi connectivity index (χ2n) is 3.95. The summed E-state index contributed by atoms with van der Waals surface area (Å²) in [6.45, 7) is 4.23. The molecule has 1 aromatic heterocycles. The number of thioether (sulfide) groups is 1. The van der Waals surface area contributed by atoms with E-state index in [0.29, 0.717) is 0 Å². The van der Waals surface area contributed by atoms with Crippen LogP contribution in [0.1, 0.15) is 18.2 Å². The van der Waals surface area contributed by atoms with Crippen LogP contribution in [0.2, 0.25) is 0 Å². The monoisotopic (exact) mass is 247 g/mol. The third-order valence-electron chi connectivity index (χ3n) is 2.77.